The molecule has 2 rings (SSSR count). The first kappa shape index (κ1) is 14.9. The van der Waals surface area contributed by atoms with E-state index in [4.69, 9.17) is 0 Å². The van der Waals surface area contributed by atoms with E-state index >= 15 is 0 Å². The molecule has 20 heavy (non-hydrogen) atoms. The highest BCUT2D eigenvalue weighted by atomic mass is 19.1. The topological polar surface area (TPSA) is 56.9 Å². The molecule has 1 saturated carbocycles. The number of rotatable bonds is 3. The summed E-state index contributed by atoms with van der Waals surface area (Å²) in [6.07, 6.45) is 4.83. The minimum Gasteiger partial charge on any atom is -0.382 e. The summed E-state index contributed by atoms with van der Waals surface area (Å²) in [4.78, 5) is 4.04. The van der Waals surface area contributed by atoms with E-state index in [0.717, 1.165) is 19.0 Å². The van der Waals surface area contributed by atoms with E-state index in [-0.39, 0.29) is 0 Å². The molecule has 0 amide bonds. The van der Waals surface area contributed by atoms with Gasteiger partial charge in [-0.3, -0.25) is 4.98 Å². The second-order valence-electron chi connectivity index (χ2n) is 5.97. The molecular weight excluding hydrogens is 255 g/mol. The number of halogens is 1. The molecule has 0 bridgehead atoms. The highest BCUT2D eigenvalue weighted by molar-refractivity contribution is 5.24. The average Bonchev–Trinajstić information content (AvgIpc) is 2.47. The molecule has 0 saturated heterocycles. The highest BCUT2D eigenvalue weighted by Gasteiger charge is 2.53. The highest BCUT2D eigenvalue weighted by Crippen LogP contribution is 2.52. The van der Waals surface area contributed by atoms with Crippen LogP contribution in [0, 0.1) is 28.5 Å². The van der Waals surface area contributed by atoms with E-state index in [9.17, 15) is 14.8 Å². The maximum absolute atomic E-state index is 13.1. The molecule has 0 aromatic carbocycles. The molecule has 108 valence electrons. The summed E-state index contributed by atoms with van der Waals surface area (Å²) < 4.78 is 13.1. The molecular formula is C16H21FN2O. The van der Waals surface area contributed by atoms with Crippen LogP contribution in [0.15, 0.2) is 18.3 Å². The lowest BCUT2D eigenvalue weighted by atomic mass is 9.59. The summed E-state index contributed by atoms with van der Waals surface area (Å²) in [7, 11) is 0. The Labute approximate surface area is 119 Å². The van der Waals surface area contributed by atoms with Crippen LogP contribution in [0.4, 0.5) is 4.39 Å². The molecule has 1 aliphatic carbocycles. The van der Waals surface area contributed by atoms with Crippen LogP contribution in [-0.4, -0.2) is 10.1 Å². The number of hydrogen-bond acceptors (Lipinski definition) is 3. The Hall–Kier alpha value is -1.47. The smallest absolute Gasteiger partial charge is 0.141 e. The third-order valence-corrected chi connectivity index (χ3v) is 4.67. The van der Waals surface area contributed by atoms with Gasteiger partial charge >= 0.3 is 0 Å². The molecule has 3 unspecified atom stereocenters. The van der Waals surface area contributed by atoms with E-state index in [1.807, 2.05) is 6.92 Å². The van der Waals surface area contributed by atoms with Gasteiger partial charge in [0.2, 0.25) is 0 Å². The van der Waals surface area contributed by atoms with Crippen molar-refractivity contribution >= 4 is 0 Å². The van der Waals surface area contributed by atoms with Crippen molar-refractivity contribution in [2.75, 3.05) is 0 Å². The fraction of sp³-hybridized carbons (Fsp3) is 0.625. The maximum Gasteiger partial charge on any atom is 0.141 e. The van der Waals surface area contributed by atoms with Crippen molar-refractivity contribution < 1.29 is 9.50 Å². The summed E-state index contributed by atoms with van der Waals surface area (Å²) in [6.45, 7) is 3.96. The number of aliphatic hydroxyl groups is 1. The van der Waals surface area contributed by atoms with E-state index in [2.05, 4.69) is 18.0 Å². The average molecular weight is 276 g/mol. The van der Waals surface area contributed by atoms with Crippen LogP contribution in [0.1, 0.15) is 51.6 Å². The van der Waals surface area contributed by atoms with E-state index in [0.29, 0.717) is 30.9 Å². The van der Waals surface area contributed by atoms with Crippen LogP contribution >= 0.6 is 0 Å². The lowest BCUT2D eigenvalue weighted by Gasteiger charge is -2.46. The van der Waals surface area contributed by atoms with Crippen molar-refractivity contribution in [1.29, 1.82) is 5.26 Å². The first-order chi connectivity index (χ1) is 9.47. The normalized spacial score (nSPS) is 29.4. The van der Waals surface area contributed by atoms with Gasteiger partial charge in [-0.2, -0.15) is 5.26 Å². The fourth-order valence-corrected chi connectivity index (χ4v) is 3.51. The van der Waals surface area contributed by atoms with E-state index in [1.165, 1.54) is 12.1 Å². The molecule has 1 N–H and O–H groups in total. The molecule has 1 heterocycles. The van der Waals surface area contributed by atoms with Crippen LogP contribution in [0.5, 0.6) is 0 Å². The first-order valence-electron chi connectivity index (χ1n) is 7.23. The van der Waals surface area contributed by atoms with Crippen molar-refractivity contribution in [1.82, 2.24) is 4.98 Å². The summed E-state index contributed by atoms with van der Waals surface area (Å²) in [5.41, 5.74) is -1.74. The molecule has 0 aliphatic heterocycles. The zero-order valence-corrected chi connectivity index (χ0v) is 12.1. The van der Waals surface area contributed by atoms with Crippen LogP contribution in [0.3, 0.4) is 0 Å². The van der Waals surface area contributed by atoms with Gasteiger partial charge in [-0.15, -0.1) is 0 Å². The van der Waals surface area contributed by atoms with Gasteiger partial charge in [-0.05, 0) is 37.3 Å². The van der Waals surface area contributed by atoms with Gasteiger partial charge in [0.15, 0.2) is 0 Å². The predicted octanol–water partition coefficient (Wildman–Crippen LogP) is 3.54. The van der Waals surface area contributed by atoms with Crippen LogP contribution in [0.25, 0.3) is 0 Å². The Morgan fingerprint density at radius 3 is 2.85 bits per heavy atom. The molecule has 3 nitrogen and oxygen atoms in total. The predicted molar refractivity (Wildman–Crippen MR) is 74.1 cm³/mol. The third kappa shape index (κ3) is 2.31. The second-order valence-corrected chi connectivity index (χ2v) is 5.97. The minimum atomic E-state index is -1.32. The van der Waals surface area contributed by atoms with Gasteiger partial charge in [-0.1, -0.05) is 26.7 Å². The van der Waals surface area contributed by atoms with Crippen LogP contribution < -0.4 is 0 Å². The molecule has 1 fully saturated rings. The number of nitrogens with zero attached hydrogens (tertiary/aromatic N) is 2. The van der Waals surface area contributed by atoms with Crippen molar-refractivity contribution in [3.05, 3.63) is 29.8 Å². The second kappa shape index (κ2) is 5.49. The molecule has 0 radical (unpaired) electrons. The lowest BCUT2D eigenvalue weighted by Crippen LogP contribution is -2.47. The van der Waals surface area contributed by atoms with Crippen LogP contribution in [0.2, 0.25) is 0 Å². The Bertz CT molecular complexity index is 510. The quantitative estimate of drug-likeness (QED) is 0.918. The number of hydrogen-bond donors (Lipinski definition) is 1. The summed E-state index contributed by atoms with van der Waals surface area (Å²) in [5, 5.41) is 20.9. The lowest BCUT2D eigenvalue weighted by molar-refractivity contribution is -0.0930. The molecule has 4 heteroatoms. The van der Waals surface area contributed by atoms with Crippen molar-refractivity contribution in [2.45, 2.75) is 51.6 Å². The van der Waals surface area contributed by atoms with Gasteiger partial charge in [0.05, 0.1) is 23.4 Å². The zero-order valence-electron chi connectivity index (χ0n) is 12.1. The summed E-state index contributed by atoms with van der Waals surface area (Å²) in [6, 6.07) is 5.16. The number of nitriles is 1. The maximum atomic E-state index is 13.1. The fourth-order valence-electron chi connectivity index (χ4n) is 3.51. The Morgan fingerprint density at radius 2 is 2.35 bits per heavy atom. The van der Waals surface area contributed by atoms with Crippen molar-refractivity contribution in [3.8, 4) is 6.07 Å². The molecule has 1 aromatic heterocycles. The van der Waals surface area contributed by atoms with Crippen molar-refractivity contribution in [3.63, 3.8) is 0 Å². The van der Waals surface area contributed by atoms with Gasteiger partial charge in [-0.25, -0.2) is 4.39 Å². The van der Waals surface area contributed by atoms with Gasteiger partial charge in [0.1, 0.15) is 11.4 Å². The van der Waals surface area contributed by atoms with Crippen molar-refractivity contribution in [2.24, 2.45) is 11.3 Å². The largest absolute Gasteiger partial charge is 0.382 e. The number of pyridine rings is 1. The molecule has 1 aromatic rings. The Morgan fingerprint density at radius 1 is 1.60 bits per heavy atom. The summed E-state index contributed by atoms with van der Waals surface area (Å²) >= 11 is 0. The number of aromatic nitrogens is 1. The molecule has 1 aliphatic rings. The first-order valence-corrected chi connectivity index (χ1v) is 7.23. The van der Waals surface area contributed by atoms with Gasteiger partial charge < -0.3 is 5.11 Å². The molecule has 0 spiro atoms. The third-order valence-electron chi connectivity index (χ3n) is 4.67. The Kier molecular flexibility index (Phi) is 4.10. The SMILES string of the molecule is CCC(O)(c1ccc(F)cn1)C1(C#N)CCCC(C)C1. The molecule has 3 atom stereocenters. The van der Waals surface area contributed by atoms with Crippen LogP contribution in [-0.2, 0) is 5.60 Å². The summed E-state index contributed by atoms with van der Waals surface area (Å²) in [5.74, 6) is -0.0304. The minimum absolute atomic E-state index is 0.395. The van der Waals surface area contributed by atoms with Gasteiger partial charge in [0, 0.05) is 0 Å². The zero-order chi connectivity index (χ0) is 14.8. The monoisotopic (exact) mass is 276 g/mol. The van der Waals surface area contributed by atoms with E-state index in [1.54, 1.807) is 0 Å². The van der Waals surface area contributed by atoms with E-state index < -0.39 is 16.8 Å². The Balaban J connectivity index is 2.47. The standard InChI is InChI=1S/C16H21FN2O/c1-3-16(20,14-7-6-13(17)10-19-14)15(11-18)8-4-5-12(2)9-15/h6-7,10,12,20H,3-5,8-9H2,1-2H3. The van der Waals surface area contributed by atoms with Gasteiger partial charge in [0.25, 0.3) is 0 Å².